The number of aliphatic carboxylic acids is 2. The van der Waals surface area contributed by atoms with Gasteiger partial charge in [0.1, 0.15) is 0 Å². The summed E-state index contributed by atoms with van der Waals surface area (Å²) >= 11 is 0. The Bertz CT molecular complexity index is 754. The van der Waals surface area contributed by atoms with Crippen LogP contribution >= 0.6 is 0 Å². The van der Waals surface area contributed by atoms with E-state index in [0.717, 1.165) is 50.4 Å². The molecule has 0 heterocycles. The van der Waals surface area contributed by atoms with Crippen LogP contribution in [0.2, 0.25) is 0 Å². The molecular weight excluding hydrogens is 496 g/mol. The lowest BCUT2D eigenvalue weighted by Gasteiger charge is -2.42. The fourth-order valence-electron chi connectivity index (χ4n) is 7.35. The van der Waals surface area contributed by atoms with E-state index in [2.05, 4.69) is 32.1 Å². The van der Waals surface area contributed by atoms with E-state index in [9.17, 15) is 9.59 Å². The first kappa shape index (κ1) is 34.6. The van der Waals surface area contributed by atoms with Gasteiger partial charge in [-0.05, 0) is 74.5 Å². The van der Waals surface area contributed by atoms with Gasteiger partial charge in [0.2, 0.25) is 0 Å². The van der Waals surface area contributed by atoms with Gasteiger partial charge in [-0.15, -0.1) is 0 Å². The van der Waals surface area contributed by atoms with Crippen LogP contribution in [0, 0.1) is 29.6 Å². The van der Waals surface area contributed by atoms with Crippen LogP contribution in [-0.4, -0.2) is 22.2 Å². The maximum absolute atomic E-state index is 10.8. The average Bonchev–Trinajstić information content (AvgIpc) is 2.93. The highest BCUT2D eigenvalue weighted by molar-refractivity contribution is 5.66. The minimum absolute atomic E-state index is 0.304. The third-order valence-electron chi connectivity index (χ3n) is 9.69. The molecule has 2 rings (SSSR count). The molecule has 5 unspecified atom stereocenters. The summed E-state index contributed by atoms with van der Waals surface area (Å²) in [6.07, 6.45) is 34.2. The van der Waals surface area contributed by atoms with E-state index >= 15 is 0 Å². The fourth-order valence-corrected chi connectivity index (χ4v) is 7.35. The minimum atomic E-state index is -0.673. The van der Waals surface area contributed by atoms with Gasteiger partial charge < -0.3 is 10.2 Å². The highest BCUT2D eigenvalue weighted by Gasteiger charge is 2.37. The molecule has 2 aliphatic rings. The van der Waals surface area contributed by atoms with Gasteiger partial charge in [0.15, 0.2) is 0 Å². The molecule has 4 heteroatoms. The van der Waals surface area contributed by atoms with E-state index in [0.29, 0.717) is 30.6 Å². The maximum atomic E-state index is 10.8. The van der Waals surface area contributed by atoms with Crippen LogP contribution in [0.25, 0.3) is 0 Å². The predicted molar refractivity (Wildman–Crippen MR) is 167 cm³/mol. The average molecular weight is 559 g/mol. The zero-order valence-electron chi connectivity index (χ0n) is 26.1. The van der Waals surface area contributed by atoms with Crippen molar-refractivity contribution in [3.63, 3.8) is 0 Å². The molecule has 0 radical (unpaired) electrons. The molecule has 0 saturated heterocycles. The summed E-state index contributed by atoms with van der Waals surface area (Å²) in [5, 5.41) is 17.8. The number of hydrogen-bond donors (Lipinski definition) is 2. The summed E-state index contributed by atoms with van der Waals surface area (Å²) in [6, 6.07) is 0. The van der Waals surface area contributed by atoms with E-state index in [1.165, 1.54) is 96.3 Å². The first-order valence-corrected chi connectivity index (χ1v) is 17.3. The van der Waals surface area contributed by atoms with Gasteiger partial charge >= 0.3 is 11.9 Å². The summed E-state index contributed by atoms with van der Waals surface area (Å²) in [4.78, 5) is 21.6. The molecule has 230 valence electrons. The van der Waals surface area contributed by atoms with Crippen molar-refractivity contribution in [1.82, 2.24) is 0 Å². The van der Waals surface area contributed by atoms with E-state index < -0.39 is 11.9 Å². The summed E-state index contributed by atoms with van der Waals surface area (Å²) < 4.78 is 0. The molecule has 0 spiro atoms. The summed E-state index contributed by atoms with van der Waals surface area (Å²) in [6.45, 7) is 4.63. The van der Waals surface area contributed by atoms with Gasteiger partial charge in [-0.25, -0.2) is 0 Å². The van der Waals surface area contributed by atoms with Gasteiger partial charge in [0.25, 0.3) is 0 Å². The maximum Gasteiger partial charge on any atom is 0.303 e. The summed E-state index contributed by atoms with van der Waals surface area (Å²) in [7, 11) is 0. The highest BCUT2D eigenvalue weighted by Crippen LogP contribution is 2.48. The molecule has 0 aliphatic heterocycles. The number of unbranched alkanes of at least 4 members (excludes halogenated alkanes) is 12. The van der Waals surface area contributed by atoms with Crippen molar-refractivity contribution in [2.75, 3.05) is 0 Å². The summed E-state index contributed by atoms with van der Waals surface area (Å²) in [5.41, 5.74) is 1.77. The standard InChI is InChI=1S/C36H62O4/c1-3-5-7-14-21-31-28-34-32(27-30(31)19-6-4-2)26-25-29(20-15-10-8-12-17-23-35(37)38)33(34)22-16-11-9-13-18-24-36(39)40/h25-26,28-33H,3-24,27H2,1-2H3,(H,37,38)(H,39,40). The number of carboxylic acid groups (broad SMARTS) is 2. The molecular formula is C36H62O4. The lowest BCUT2D eigenvalue weighted by molar-refractivity contribution is -0.138. The molecule has 5 atom stereocenters. The fraction of sp³-hybridized carbons (Fsp3) is 0.833. The predicted octanol–water partition coefficient (Wildman–Crippen LogP) is 10.8. The zero-order valence-corrected chi connectivity index (χ0v) is 26.1. The first-order valence-electron chi connectivity index (χ1n) is 17.3. The minimum Gasteiger partial charge on any atom is -0.481 e. The van der Waals surface area contributed by atoms with Crippen molar-refractivity contribution in [3.8, 4) is 0 Å². The molecule has 0 aromatic heterocycles. The number of carboxylic acids is 2. The SMILES string of the molecule is CCCCCCC1C=C2C(C=CC(CCCCCCCC(=O)O)C2CCCCCCCC(=O)O)CC1CCCC. The third kappa shape index (κ3) is 13.9. The van der Waals surface area contributed by atoms with E-state index in [1.807, 2.05) is 0 Å². The van der Waals surface area contributed by atoms with Crippen molar-refractivity contribution in [1.29, 1.82) is 0 Å². The van der Waals surface area contributed by atoms with Gasteiger partial charge in [0.05, 0.1) is 0 Å². The second-order valence-electron chi connectivity index (χ2n) is 13.0. The van der Waals surface area contributed by atoms with Gasteiger partial charge in [-0.2, -0.15) is 0 Å². The van der Waals surface area contributed by atoms with Gasteiger partial charge in [-0.3, -0.25) is 9.59 Å². The molecule has 4 nitrogen and oxygen atoms in total. The monoisotopic (exact) mass is 558 g/mol. The van der Waals surface area contributed by atoms with Crippen LogP contribution in [0.15, 0.2) is 23.8 Å². The summed E-state index contributed by atoms with van der Waals surface area (Å²) in [5.74, 6) is 2.21. The number of carbonyl (C=O) groups is 2. The lowest BCUT2D eigenvalue weighted by atomic mass is 9.63. The number of hydrogen-bond acceptors (Lipinski definition) is 2. The molecule has 0 aromatic carbocycles. The van der Waals surface area contributed by atoms with Crippen molar-refractivity contribution in [3.05, 3.63) is 23.8 Å². The molecule has 40 heavy (non-hydrogen) atoms. The lowest BCUT2D eigenvalue weighted by Crippen LogP contribution is -2.31. The Morgan fingerprint density at radius 1 is 0.625 bits per heavy atom. The first-order chi connectivity index (χ1) is 19.5. The molecule has 2 N–H and O–H groups in total. The second kappa shape index (κ2) is 21.2. The third-order valence-corrected chi connectivity index (χ3v) is 9.69. The zero-order chi connectivity index (χ0) is 29.0. The van der Waals surface area contributed by atoms with Crippen LogP contribution in [0.3, 0.4) is 0 Å². The molecule has 0 fully saturated rings. The van der Waals surface area contributed by atoms with E-state index in [1.54, 1.807) is 5.57 Å². The van der Waals surface area contributed by atoms with E-state index in [-0.39, 0.29) is 0 Å². The topological polar surface area (TPSA) is 74.6 Å². The highest BCUT2D eigenvalue weighted by atomic mass is 16.4. The van der Waals surface area contributed by atoms with Crippen molar-refractivity contribution < 1.29 is 19.8 Å². The Labute approximate surface area is 246 Å². The van der Waals surface area contributed by atoms with Crippen LogP contribution in [-0.2, 0) is 9.59 Å². The second-order valence-corrected chi connectivity index (χ2v) is 13.0. The number of fused-ring (bicyclic) bond motifs is 1. The smallest absolute Gasteiger partial charge is 0.303 e. The van der Waals surface area contributed by atoms with Crippen LogP contribution in [0.5, 0.6) is 0 Å². The number of rotatable bonds is 24. The quantitative estimate of drug-likeness (QED) is 0.0912. The van der Waals surface area contributed by atoms with Crippen molar-refractivity contribution in [2.45, 2.75) is 162 Å². The molecule has 0 saturated carbocycles. The molecule has 0 bridgehead atoms. The molecule has 2 aliphatic carbocycles. The Hall–Kier alpha value is -1.58. The van der Waals surface area contributed by atoms with Crippen molar-refractivity contribution >= 4 is 11.9 Å². The Kier molecular flexibility index (Phi) is 18.3. The van der Waals surface area contributed by atoms with Crippen LogP contribution in [0.1, 0.15) is 162 Å². The van der Waals surface area contributed by atoms with Crippen LogP contribution < -0.4 is 0 Å². The van der Waals surface area contributed by atoms with Crippen LogP contribution in [0.4, 0.5) is 0 Å². The Morgan fingerprint density at radius 3 is 1.75 bits per heavy atom. The van der Waals surface area contributed by atoms with Crippen molar-refractivity contribution in [2.24, 2.45) is 29.6 Å². The number of allylic oxidation sites excluding steroid dienone is 4. The van der Waals surface area contributed by atoms with E-state index in [4.69, 9.17) is 10.2 Å². The molecule has 0 aromatic rings. The van der Waals surface area contributed by atoms with Gasteiger partial charge in [0, 0.05) is 12.8 Å². The van der Waals surface area contributed by atoms with Gasteiger partial charge in [-0.1, -0.05) is 128 Å². The normalized spacial score (nSPS) is 24.1. The Balaban J connectivity index is 2.02. The Morgan fingerprint density at radius 2 is 1.15 bits per heavy atom. The molecule has 0 amide bonds. The largest absolute Gasteiger partial charge is 0.481 e.